The van der Waals surface area contributed by atoms with Crippen LogP contribution < -0.4 is 16.0 Å². The average Bonchev–Trinajstić information content (AvgIpc) is 2.69. The SMILES string of the molecule is C=C(O)C(CCNC(=O)CCCCc1ccc2c(n1)NCCC2)NC(=O)C(C)(C)C. The normalized spacial score (nSPS) is 14.2. The summed E-state index contributed by atoms with van der Waals surface area (Å²) < 4.78 is 0. The van der Waals surface area contributed by atoms with Gasteiger partial charge in [0.15, 0.2) is 0 Å². The van der Waals surface area contributed by atoms with Crippen LogP contribution in [0.15, 0.2) is 24.5 Å². The minimum Gasteiger partial charge on any atom is -0.511 e. The van der Waals surface area contributed by atoms with E-state index < -0.39 is 11.5 Å². The molecule has 1 aliphatic heterocycles. The number of hydrogen-bond donors (Lipinski definition) is 4. The third-order valence-electron chi connectivity index (χ3n) is 5.18. The number of hydrogen-bond acceptors (Lipinski definition) is 5. The van der Waals surface area contributed by atoms with E-state index in [-0.39, 0.29) is 17.6 Å². The Labute approximate surface area is 179 Å². The summed E-state index contributed by atoms with van der Waals surface area (Å²) in [6.45, 7) is 10.3. The first-order valence-electron chi connectivity index (χ1n) is 10.8. The summed E-state index contributed by atoms with van der Waals surface area (Å²) >= 11 is 0. The number of carbonyl (C=O) groups is 2. The zero-order valence-electron chi connectivity index (χ0n) is 18.5. The Morgan fingerprint density at radius 3 is 2.77 bits per heavy atom. The predicted molar refractivity (Wildman–Crippen MR) is 119 cm³/mol. The molecule has 0 saturated carbocycles. The van der Waals surface area contributed by atoms with Crippen molar-refractivity contribution in [2.75, 3.05) is 18.4 Å². The second-order valence-electron chi connectivity index (χ2n) is 8.95. The Morgan fingerprint density at radius 2 is 2.07 bits per heavy atom. The third-order valence-corrected chi connectivity index (χ3v) is 5.18. The molecule has 1 atom stereocenters. The number of pyridine rings is 1. The molecule has 7 heteroatoms. The molecule has 1 aliphatic rings. The number of nitrogens with one attached hydrogen (secondary N) is 3. The molecule has 0 fully saturated rings. The van der Waals surface area contributed by atoms with E-state index in [4.69, 9.17) is 0 Å². The van der Waals surface area contributed by atoms with Gasteiger partial charge in [-0.2, -0.15) is 0 Å². The summed E-state index contributed by atoms with van der Waals surface area (Å²) in [5.41, 5.74) is 1.79. The number of carbonyl (C=O) groups excluding carboxylic acids is 2. The Hall–Kier alpha value is -2.57. The summed E-state index contributed by atoms with van der Waals surface area (Å²) in [5.74, 6) is 0.712. The largest absolute Gasteiger partial charge is 0.511 e. The Morgan fingerprint density at radius 1 is 1.30 bits per heavy atom. The van der Waals surface area contributed by atoms with Gasteiger partial charge in [-0.25, -0.2) is 4.98 Å². The number of nitrogens with zero attached hydrogens (tertiary/aromatic N) is 1. The Kier molecular flexibility index (Phi) is 8.69. The topological polar surface area (TPSA) is 103 Å². The Balaban J connectivity index is 1.64. The maximum Gasteiger partial charge on any atom is 0.225 e. The van der Waals surface area contributed by atoms with Crippen molar-refractivity contribution in [1.82, 2.24) is 15.6 Å². The lowest BCUT2D eigenvalue weighted by Crippen LogP contribution is -2.44. The molecular weight excluding hydrogens is 380 g/mol. The molecule has 166 valence electrons. The minimum atomic E-state index is -0.569. The van der Waals surface area contributed by atoms with Gasteiger partial charge in [0.2, 0.25) is 11.8 Å². The average molecular weight is 417 g/mol. The molecule has 0 aliphatic carbocycles. The van der Waals surface area contributed by atoms with Crippen LogP contribution in [0.25, 0.3) is 0 Å². The zero-order chi connectivity index (χ0) is 22.1. The number of amides is 2. The zero-order valence-corrected chi connectivity index (χ0v) is 18.5. The fraction of sp³-hybridized carbons (Fsp3) is 0.609. The number of aryl methyl sites for hydroxylation is 2. The summed E-state index contributed by atoms with van der Waals surface area (Å²) in [7, 11) is 0. The fourth-order valence-corrected chi connectivity index (χ4v) is 3.24. The van der Waals surface area contributed by atoms with E-state index in [2.05, 4.69) is 39.6 Å². The first-order chi connectivity index (χ1) is 14.2. The fourth-order valence-electron chi connectivity index (χ4n) is 3.24. The molecular formula is C23H36N4O3. The molecule has 1 unspecified atom stereocenters. The van der Waals surface area contributed by atoms with Crippen LogP contribution in [0.3, 0.4) is 0 Å². The predicted octanol–water partition coefficient (Wildman–Crippen LogP) is 3.26. The number of aliphatic hydroxyl groups excluding tert-OH is 1. The van der Waals surface area contributed by atoms with Crippen LogP contribution in [-0.2, 0) is 22.4 Å². The van der Waals surface area contributed by atoms with Crippen LogP contribution in [0.4, 0.5) is 5.82 Å². The maximum absolute atomic E-state index is 12.1. The summed E-state index contributed by atoms with van der Waals surface area (Å²) in [6, 6.07) is 3.67. The first kappa shape index (κ1) is 23.7. The van der Waals surface area contributed by atoms with Crippen LogP contribution in [0.5, 0.6) is 0 Å². The van der Waals surface area contributed by atoms with Crippen molar-refractivity contribution in [2.45, 2.75) is 71.8 Å². The van der Waals surface area contributed by atoms with Crippen LogP contribution in [0.2, 0.25) is 0 Å². The molecule has 7 nitrogen and oxygen atoms in total. The maximum atomic E-state index is 12.1. The van der Waals surface area contributed by atoms with E-state index in [1.54, 1.807) is 20.8 Å². The van der Waals surface area contributed by atoms with E-state index in [0.29, 0.717) is 19.4 Å². The van der Waals surface area contributed by atoms with Gasteiger partial charge in [-0.3, -0.25) is 9.59 Å². The molecule has 30 heavy (non-hydrogen) atoms. The van der Waals surface area contributed by atoms with Crippen molar-refractivity contribution in [2.24, 2.45) is 5.41 Å². The smallest absolute Gasteiger partial charge is 0.225 e. The van der Waals surface area contributed by atoms with Gasteiger partial charge in [0.1, 0.15) is 11.6 Å². The summed E-state index contributed by atoms with van der Waals surface area (Å²) in [6.07, 6.45) is 5.62. The monoisotopic (exact) mass is 416 g/mol. The van der Waals surface area contributed by atoms with Crippen molar-refractivity contribution >= 4 is 17.6 Å². The molecule has 0 spiro atoms. The van der Waals surface area contributed by atoms with Gasteiger partial charge < -0.3 is 21.1 Å². The van der Waals surface area contributed by atoms with E-state index in [1.807, 2.05) is 0 Å². The van der Waals surface area contributed by atoms with E-state index in [9.17, 15) is 14.7 Å². The number of fused-ring (bicyclic) bond motifs is 1. The number of rotatable bonds is 10. The molecule has 1 aromatic heterocycles. The van der Waals surface area contributed by atoms with Crippen LogP contribution in [0.1, 0.15) is 64.1 Å². The van der Waals surface area contributed by atoms with Gasteiger partial charge in [0, 0.05) is 30.6 Å². The third kappa shape index (κ3) is 7.69. The van der Waals surface area contributed by atoms with Gasteiger partial charge in [0.25, 0.3) is 0 Å². The quantitative estimate of drug-likeness (QED) is 0.346. The number of unbranched alkanes of at least 4 members (excludes halogenated alkanes) is 1. The summed E-state index contributed by atoms with van der Waals surface area (Å²) in [4.78, 5) is 28.8. The molecule has 0 radical (unpaired) electrons. The van der Waals surface area contributed by atoms with Crippen molar-refractivity contribution in [1.29, 1.82) is 0 Å². The second kappa shape index (κ2) is 11.0. The summed E-state index contributed by atoms with van der Waals surface area (Å²) in [5, 5.41) is 18.7. The number of aliphatic hydroxyl groups is 1. The molecule has 1 aromatic rings. The molecule has 0 bridgehead atoms. The number of aromatic nitrogens is 1. The van der Waals surface area contributed by atoms with E-state index >= 15 is 0 Å². The van der Waals surface area contributed by atoms with Crippen molar-refractivity contribution in [3.05, 3.63) is 35.7 Å². The molecule has 0 aromatic carbocycles. The van der Waals surface area contributed by atoms with Crippen molar-refractivity contribution in [3.63, 3.8) is 0 Å². The molecule has 0 saturated heterocycles. The van der Waals surface area contributed by atoms with Gasteiger partial charge in [0.05, 0.1) is 6.04 Å². The van der Waals surface area contributed by atoms with Crippen molar-refractivity contribution in [3.8, 4) is 0 Å². The lowest BCUT2D eigenvalue weighted by molar-refractivity contribution is -0.129. The molecule has 2 rings (SSSR count). The van der Waals surface area contributed by atoms with E-state index in [0.717, 1.165) is 50.2 Å². The van der Waals surface area contributed by atoms with Gasteiger partial charge >= 0.3 is 0 Å². The highest BCUT2D eigenvalue weighted by Gasteiger charge is 2.25. The highest BCUT2D eigenvalue weighted by molar-refractivity contribution is 5.81. The Bertz CT molecular complexity index is 755. The van der Waals surface area contributed by atoms with Crippen molar-refractivity contribution < 1.29 is 14.7 Å². The standard InChI is InChI=1S/C23H36N4O3/c1-16(28)19(27-22(30)23(2,3)4)13-15-24-20(29)10-6-5-9-18-12-11-17-8-7-14-25-21(17)26-18/h11-12,19,28H,1,5-10,13-15H2,2-4H3,(H,24,29)(H,25,26)(H,27,30). The molecule has 4 N–H and O–H groups in total. The van der Waals surface area contributed by atoms with Gasteiger partial charge in [-0.05, 0) is 50.2 Å². The van der Waals surface area contributed by atoms with Crippen LogP contribution in [0, 0.1) is 5.41 Å². The number of anilines is 1. The minimum absolute atomic E-state index is 0.0282. The molecule has 2 amide bonds. The van der Waals surface area contributed by atoms with Crippen LogP contribution in [-0.4, -0.2) is 41.0 Å². The lowest BCUT2D eigenvalue weighted by atomic mass is 9.95. The van der Waals surface area contributed by atoms with Gasteiger partial charge in [-0.15, -0.1) is 0 Å². The van der Waals surface area contributed by atoms with Crippen LogP contribution >= 0.6 is 0 Å². The molecule has 2 heterocycles. The lowest BCUT2D eigenvalue weighted by Gasteiger charge is -2.23. The first-order valence-corrected chi connectivity index (χ1v) is 10.8. The highest BCUT2D eigenvalue weighted by Crippen LogP contribution is 2.20. The second-order valence-corrected chi connectivity index (χ2v) is 8.95. The van der Waals surface area contributed by atoms with E-state index in [1.165, 1.54) is 5.56 Å². The van der Waals surface area contributed by atoms with Gasteiger partial charge in [-0.1, -0.05) is 33.4 Å². The highest BCUT2D eigenvalue weighted by atomic mass is 16.3.